The second-order valence-corrected chi connectivity index (χ2v) is 5.59. The van der Waals surface area contributed by atoms with Crippen LogP contribution in [0.2, 0.25) is 0 Å². The van der Waals surface area contributed by atoms with Crippen molar-refractivity contribution in [3.63, 3.8) is 0 Å². The fourth-order valence-corrected chi connectivity index (χ4v) is 2.40. The third-order valence-electron chi connectivity index (χ3n) is 3.79. The van der Waals surface area contributed by atoms with E-state index in [0.29, 0.717) is 17.6 Å². The fraction of sp³-hybridized carbons (Fsp3) is 0.222. The minimum atomic E-state index is -0.616. The Balaban J connectivity index is 1.53. The first-order chi connectivity index (χ1) is 12.6. The Morgan fingerprint density at radius 1 is 1.19 bits per heavy atom. The molecule has 134 valence electrons. The molecular formula is C18H17FN4O3. The van der Waals surface area contributed by atoms with Crippen LogP contribution in [0.4, 0.5) is 4.39 Å². The summed E-state index contributed by atoms with van der Waals surface area (Å²) >= 11 is 0. The van der Waals surface area contributed by atoms with Gasteiger partial charge in [0.05, 0.1) is 11.1 Å². The number of nitrogens with zero attached hydrogens (tertiary/aromatic N) is 3. The third-order valence-corrected chi connectivity index (χ3v) is 3.79. The van der Waals surface area contributed by atoms with Gasteiger partial charge in [-0.15, -0.1) is 5.10 Å². The Labute approximate surface area is 148 Å². The van der Waals surface area contributed by atoms with Crippen molar-refractivity contribution in [3.05, 3.63) is 59.4 Å². The number of benzene rings is 2. The summed E-state index contributed by atoms with van der Waals surface area (Å²) in [6.45, 7) is 2.44. The zero-order valence-corrected chi connectivity index (χ0v) is 14.1. The minimum Gasteiger partial charge on any atom is -0.452 e. The Morgan fingerprint density at radius 2 is 1.96 bits per heavy atom. The molecule has 0 aliphatic rings. The van der Waals surface area contributed by atoms with E-state index in [1.54, 1.807) is 35.0 Å². The molecule has 3 aromatic rings. The Bertz CT molecular complexity index is 937. The first-order valence-electron chi connectivity index (χ1n) is 8.08. The highest BCUT2D eigenvalue weighted by molar-refractivity contribution is 5.94. The van der Waals surface area contributed by atoms with E-state index in [9.17, 15) is 14.0 Å². The number of ether oxygens (including phenoxy) is 1. The molecule has 26 heavy (non-hydrogen) atoms. The first-order valence-corrected chi connectivity index (χ1v) is 8.08. The number of carbonyl (C=O) groups is 2. The van der Waals surface area contributed by atoms with E-state index >= 15 is 0 Å². The van der Waals surface area contributed by atoms with Crippen LogP contribution in [0.1, 0.15) is 22.8 Å². The monoisotopic (exact) mass is 356 g/mol. The number of fused-ring (bicyclic) bond motifs is 1. The number of carbonyl (C=O) groups excluding carboxylic acids is 2. The summed E-state index contributed by atoms with van der Waals surface area (Å²) in [4.78, 5) is 23.9. The van der Waals surface area contributed by atoms with Crippen molar-refractivity contribution in [2.24, 2.45) is 0 Å². The molecule has 0 aliphatic heterocycles. The molecule has 0 saturated heterocycles. The van der Waals surface area contributed by atoms with Crippen LogP contribution in [0.15, 0.2) is 42.5 Å². The molecule has 0 saturated carbocycles. The fourth-order valence-electron chi connectivity index (χ4n) is 2.40. The summed E-state index contributed by atoms with van der Waals surface area (Å²) < 4.78 is 19.6. The lowest BCUT2D eigenvalue weighted by Gasteiger charge is -2.07. The number of esters is 1. The van der Waals surface area contributed by atoms with Crippen molar-refractivity contribution < 1.29 is 18.7 Å². The van der Waals surface area contributed by atoms with Gasteiger partial charge < -0.3 is 10.1 Å². The van der Waals surface area contributed by atoms with E-state index < -0.39 is 18.5 Å². The van der Waals surface area contributed by atoms with Crippen LogP contribution in [0.25, 0.3) is 11.0 Å². The number of rotatable bonds is 6. The van der Waals surface area contributed by atoms with Crippen LogP contribution in [0, 0.1) is 5.82 Å². The number of nitrogens with one attached hydrogen (secondary N) is 1. The zero-order valence-electron chi connectivity index (χ0n) is 14.1. The molecule has 0 unspecified atom stereocenters. The van der Waals surface area contributed by atoms with Gasteiger partial charge in [0, 0.05) is 13.1 Å². The largest absolute Gasteiger partial charge is 0.452 e. The quantitative estimate of drug-likeness (QED) is 0.683. The van der Waals surface area contributed by atoms with Gasteiger partial charge in [-0.3, -0.25) is 4.79 Å². The molecular weight excluding hydrogens is 339 g/mol. The predicted octanol–water partition coefficient (Wildman–Crippen LogP) is 2.06. The van der Waals surface area contributed by atoms with E-state index in [1.165, 1.54) is 12.1 Å². The number of aromatic nitrogens is 3. The average Bonchev–Trinajstić information content (AvgIpc) is 3.08. The van der Waals surface area contributed by atoms with Gasteiger partial charge in [-0.1, -0.05) is 17.3 Å². The van der Waals surface area contributed by atoms with Gasteiger partial charge in [0.15, 0.2) is 6.61 Å². The number of hydrogen-bond donors (Lipinski definition) is 1. The van der Waals surface area contributed by atoms with Gasteiger partial charge in [0.25, 0.3) is 5.91 Å². The van der Waals surface area contributed by atoms with E-state index in [2.05, 4.69) is 15.6 Å². The summed E-state index contributed by atoms with van der Waals surface area (Å²) in [5.41, 5.74) is 2.45. The maximum Gasteiger partial charge on any atom is 0.338 e. The molecule has 0 aliphatic carbocycles. The maximum atomic E-state index is 12.8. The van der Waals surface area contributed by atoms with E-state index in [0.717, 1.165) is 11.1 Å². The topological polar surface area (TPSA) is 86.1 Å². The highest BCUT2D eigenvalue weighted by atomic mass is 19.1. The van der Waals surface area contributed by atoms with Crippen LogP contribution >= 0.6 is 0 Å². The van der Waals surface area contributed by atoms with Gasteiger partial charge in [-0.25, -0.2) is 13.9 Å². The van der Waals surface area contributed by atoms with Crippen molar-refractivity contribution >= 4 is 22.9 Å². The zero-order chi connectivity index (χ0) is 18.5. The second kappa shape index (κ2) is 7.73. The standard InChI is InChI=1S/C18H17FN4O3/c1-2-23-16-8-5-13(9-15(16)21-22-23)18(25)26-11-17(24)20-10-12-3-6-14(19)7-4-12/h3-9H,2,10-11H2,1H3,(H,20,24). The highest BCUT2D eigenvalue weighted by Gasteiger charge is 2.13. The summed E-state index contributed by atoms with van der Waals surface area (Å²) in [5.74, 6) is -1.40. The van der Waals surface area contributed by atoms with Crippen molar-refractivity contribution in [3.8, 4) is 0 Å². The summed E-state index contributed by atoms with van der Waals surface area (Å²) in [7, 11) is 0. The van der Waals surface area contributed by atoms with Gasteiger partial charge >= 0.3 is 5.97 Å². The molecule has 1 amide bonds. The molecule has 1 heterocycles. The van der Waals surface area contributed by atoms with Gasteiger partial charge in [-0.05, 0) is 42.8 Å². The average molecular weight is 356 g/mol. The van der Waals surface area contributed by atoms with Crippen molar-refractivity contribution in [2.45, 2.75) is 20.0 Å². The first kappa shape index (κ1) is 17.5. The third kappa shape index (κ3) is 4.02. The van der Waals surface area contributed by atoms with E-state index in [4.69, 9.17) is 4.74 Å². The van der Waals surface area contributed by atoms with Crippen molar-refractivity contribution in [1.82, 2.24) is 20.3 Å². The van der Waals surface area contributed by atoms with E-state index in [1.807, 2.05) is 6.92 Å². The summed E-state index contributed by atoms with van der Waals surface area (Å²) in [5, 5.41) is 10.6. The molecule has 0 atom stereocenters. The second-order valence-electron chi connectivity index (χ2n) is 5.59. The Hall–Kier alpha value is -3.29. The normalized spacial score (nSPS) is 10.7. The Morgan fingerprint density at radius 3 is 2.69 bits per heavy atom. The van der Waals surface area contributed by atoms with Crippen LogP contribution < -0.4 is 5.32 Å². The molecule has 0 fully saturated rings. The van der Waals surface area contributed by atoms with Crippen LogP contribution in [0.3, 0.4) is 0 Å². The highest BCUT2D eigenvalue weighted by Crippen LogP contribution is 2.14. The lowest BCUT2D eigenvalue weighted by atomic mass is 10.2. The molecule has 7 nitrogen and oxygen atoms in total. The lowest BCUT2D eigenvalue weighted by molar-refractivity contribution is -0.124. The number of halogens is 1. The molecule has 8 heteroatoms. The molecule has 0 radical (unpaired) electrons. The molecule has 2 aromatic carbocycles. The molecule has 3 rings (SSSR count). The van der Waals surface area contributed by atoms with Crippen LogP contribution in [0.5, 0.6) is 0 Å². The molecule has 1 N–H and O–H groups in total. The van der Waals surface area contributed by atoms with Crippen LogP contribution in [-0.2, 0) is 22.6 Å². The van der Waals surface area contributed by atoms with Crippen molar-refractivity contribution in [2.75, 3.05) is 6.61 Å². The summed E-state index contributed by atoms with van der Waals surface area (Å²) in [6.07, 6.45) is 0. The van der Waals surface area contributed by atoms with Gasteiger partial charge in [0.1, 0.15) is 11.3 Å². The number of amides is 1. The Kier molecular flexibility index (Phi) is 5.21. The molecule has 0 spiro atoms. The predicted molar refractivity (Wildman–Crippen MR) is 91.7 cm³/mol. The maximum absolute atomic E-state index is 12.8. The van der Waals surface area contributed by atoms with Crippen molar-refractivity contribution in [1.29, 1.82) is 0 Å². The van der Waals surface area contributed by atoms with Crippen LogP contribution in [-0.4, -0.2) is 33.5 Å². The number of aryl methyl sites for hydroxylation is 1. The van der Waals surface area contributed by atoms with Gasteiger partial charge in [-0.2, -0.15) is 0 Å². The van der Waals surface area contributed by atoms with Gasteiger partial charge in [0.2, 0.25) is 0 Å². The number of hydrogen-bond acceptors (Lipinski definition) is 5. The smallest absolute Gasteiger partial charge is 0.338 e. The molecule has 0 bridgehead atoms. The SMILES string of the molecule is CCn1nnc2cc(C(=O)OCC(=O)NCc3ccc(F)cc3)ccc21. The lowest BCUT2D eigenvalue weighted by Crippen LogP contribution is -2.28. The summed E-state index contributed by atoms with van der Waals surface area (Å²) in [6, 6.07) is 10.7. The van der Waals surface area contributed by atoms with E-state index in [-0.39, 0.29) is 12.4 Å². The molecule has 1 aromatic heterocycles. The minimum absolute atomic E-state index is 0.225.